The third-order valence-corrected chi connectivity index (χ3v) is 5.87. The molecule has 8 heteroatoms. The molecule has 0 amide bonds. The molecule has 0 aromatic heterocycles. The minimum absolute atomic E-state index is 0.0551. The molecule has 0 radical (unpaired) electrons. The van der Waals surface area contributed by atoms with Crippen LogP contribution >= 0.6 is 0 Å². The number of rotatable bonds is 15. The highest BCUT2D eigenvalue weighted by Gasteiger charge is 2.12. The number of hydrogen-bond acceptors (Lipinski definition) is 8. The highest BCUT2D eigenvalue weighted by molar-refractivity contribution is 5.89. The predicted octanol–water partition coefficient (Wildman–Crippen LogP) is 6.29. The smallest absolute Gasteiger partial charge is 0.338 e. The fraction of sp³-hybridized carbons (Fsp3) is 0.235. The fourth-order valence-corrected chi connectivity index (χ4v) is 3.55. The summed E-state index contributed by atoms with van der Waals surface area (Å²) in [5.41, 5.74) is 4.94. The lowest BCUT2D eigenvalue weighted by atomic mass is 10.00. The molecule has 0 aliphatic heterocycles. The summed E-state index contributed by atoms with van der Waals surface area (Å²) in [5.74, 6) is 0.441. The second kappa shape index (κ2) is 15.4. The standard InChI is InChI=1S/C34H36O8/c1-22(2)32(35)40-19-17-38-30-16-13-28(21-31(30)39-18-20-41-33(36)23(3)4)27-9-7-25(8-10-27)26-11-14-29(15-12-26)42-34(37)24(5)6/h7-16,21,33,36H,1,3,5,17-20H2,2,4,6H3. The Bertz CT molecular complexity index is 1420. The third-order valence-electron chi connectivity index (χ3n) is 5.87. The van der Waals surface area contributed by atoms with E-state index in [1.54, 1.807) is 39.0 Å². The number of benzene rings is 3. The summed E-state index contributed by atoms with van der Waals surface area (Å²) in [7, 11) is 0. The zero-order valence-corrected chi connectivity index (χ0v) is 24.2. The van der Waals surface area contributed by atoms with Crippen molar-refractivity contribution in [1.82, 2.24) is 0 Å². The quantitative estimate of drug-likeness (QED) is 0.0566. The van der Waals surface area contributed by atoms with Crippen molar-refractivity contribution in [2.75, 3.05) is 26.4 Å². The summed E-state index contributed by atoms with van der Waals surface area (Å²) in [6.45, 7) is 16.1. The SMILES string of the molecule is C=C(C)C(=O)OCCOc1ccc(-c2ccc(-c3ccc(OC(=O)C(=C)C)cc3)cc2)cc1OCCOC(O)C(=C)C. The van der Waals surface area contributed by atoms with Crippen molar-refractivity contribution < 1.29 is 38.4 Å². The Morgan fingerprint density at radius 2 is 1.17 bits per heavy atom. The molecular weight excluding hydrogens is 536 g/mol. The summed E-state index contributed by atoms with van der Waals surface area (Å²) in [6, 6.07) is 20.8. The Morgan fingerprint density at radius 3 is 1.74 bits per heavy atom. The van der Waals surface area contributed by atoms with Gasteiger partial charge in [-0.15, -0.1) is 0 Å². The lowest BCUT2D eigenvalue weighted by molar-refractivity contribution is -0.139. The highest BCUT2D eigenvalue weighted by atomic mass is 16.6. The van der Waals surface area contributed by atoms with Gasteiger partial charge in [0.05, 0.1) is 6.61 Å². The van der Waals surface area contributed by atoms with Gasteiger partial charge in [-0.1, -0.05) is 62.2 Å². The van der Waals surface area contributed by atoms with Crippen LogP contribution in [0.5, 0.6) is 17.2 Å². The first-order valence-corrected chi connectivity index (χ1v) is 13.3. The molecule has 3 rings (SSSR count). The molecule has 3 aromatic rings. The van der Waals surface area contributed by atoms with Crippen LogP contribution in [-0.4, -0.2) is 49.8 Å². The maximum atomic E-state index is 11.7. The van der Waals surface area contributed by atoms with Gasteiger partial charge in [-0.05, 0) is 72.9 Å². The molecule has 0 aliphatic rings. The van der Waals surface area contributed by atoms with Crippen LogP contribution in [0.2, 0.25) is 0 Å². The molecule has 8 nitrogen and oxygen atoms in total. The molecule has 0 bridgehead atoms. The molecule has 1 atom stereocenters. The van der Waals surface area contributed by atoms with E-state index in [9.17, 15) is 14.7 Å². The van der Waals surface area contributed by atoms with E-state index in [1.807, 2.05) is 48.5 Å². The Labute approximate surface area is 246 Å². The maximum Gasteiger partial charge on any atom is 0.338 e. The molecule has 0 saturated heterocycles. The van der Waals surface area contributed by atoms with E-state index in [1.165, 1.54) is 0 Å². The zero-order valence-electron chi connectivity index (χ0n) is 24.2. The topological polar surface area (TPSA) is 101 Å². The van der Waals surface area contributed by atoms with Crippen LogP contribution < -0.4 is 14.2 Å². The van der Waals surface area contributed by atoms with Crippen molar-refractivity contribution in [2.24, 2.45) is 0 Å². The van der Waals surface area contributed by atoms with Crippen LogP contribution in [0.25, 0.3) is 22.3 Å². The number of ether oxygens (including phenoxy) is 5. The van der Waals surface area contributed by atoms with E-state index >= 15 is 0 Å². The normalized spacial score (nSPS) is 11.2. The van der Waals surface area contributed by atoms with E-state index in [0.717, 1.165) is 22.3 Å². The van der Waals surface area contributed by atoms with E-state index in [4.69, 9.17) is 23.7 Å². The monoisotopic (exact) mass is 572 g/mol. The van der Waals surface area contributed by atoms with E-state index < -0.39 is 18.2 Å². The largest absolute Gasteiger partial charge is 0.487 e. The molecule has 3 aromatic carbocycles. The van der Waals surface area contributed by atoms with Crippen molar-refractivity contribution >= 4 is 11.9 Å². The van der Waals surface area contributed by atoms with E-state index in [0.29, 0.717) is 34.0 Å². The van der Waals surface area contributed by atoms with Crippen molar-refractivity contribution in [2.45, 2.75) is 27.1 Å². The van der Waals surface area contributed by atoms with Gasteiger partial charge in [0.25, 0.3) is 0 Å². The van der Waals surface area contributed by atoms with Crippen molar-refractivity contribution in [3.05, 3.63) is 103 Å². The molecule has 0 saturated carbocycles. The van der Waals surface area contributed by atoms with Crippen molar-refractivity contribution in [1.29, 1.82) is 0 Å². The average Bonchev–Trinajstić information content (AvgIpc) is 2.98. The van der Waals surface area contributed by atoms with Gasteiger partial charge in [0.1, 0.15) is 25.6 Å². The molecule has 220 valence electrons. The van der Waals surface area contributed by atoms with Crippen LogP contribution in [-0.2, 0) is 19.1 Å². The lowest BCUT2D eigenvalue weighted by Crippen LogP contribution is -2.17. The Hall–Kier alpha value is -4.66. The van der Waals surface area contributed by atoms with Crippen LogP contribution in [0.3, 0.4) is 0 Å². The van der Waals surface area contributed by atoms with Gasteiger partial charge in [-0.25, -0.2) is 9.59 Å². The number of esters is 2. The Morgan fingerprint density at radius 1 is 0.667 bits per heavy atom. The minimum atomic E-state index is -1.07. The first kappa shape index (κ1) is 31.9. The molecular formula is C34H36O8. The molecule has 42 heavy (non-hydrogen) atoms. The number of aliphatic hydroxyl groups is 1. The summed E-state index contributed by atoms with van der Waals surface area (Å²) in [4.78, 5) is 23.4. The van der Waals surface area contributed by atoms with Gasteiger partial charge in [0.15, 0.2) is 17.8 Å². The van der Waals surface area contributed by atoms with Crippen LogP contribution in [0.15, 0.2) is 103 Å². The molecule has 1 N–H and O–H groups in total. The Balaban J connectivity index is 1.72. The molecule has 0 aliphatic carbocycles. The van der Waals surface area contributed by atoms with Crippen LogP contribution in [0.1, 0.15) is 20.8 Å². The van der Waals surface area contributed by atoms with Gasteiger partial charge in [0, 0.05) is 11.1 Å². The van der Waals surface area contributed by atoms with Gasteiger partial charge in [-0.3, -0.25) is 0 Å². The van der Waals surface area contributed by atoms with Gasteiger partial charge in [-0.2, -0.15) is 0 Å². The number of carbonyl (C=O) groups excluding carboxylic acids is 2. The van der Waals surface area contributed by atoms with Crippen LogP contribution in [0, 0.1) is 0 Å². The maximum absolute atomic E-state index is 11.7. The fourth-order valence-electron chi connectivity index (χ4n) is 3.55. The first-order chi connectivity index (χ1) is 20.0. The third kappa shape index (κ3) is 9.47. The van der Waals surface area contributed by atoms with Crippen LogP contribution in [0.4, 0.5) is 0 Å². The van der Waals surface area contributed by atoms with E-state index in [-0.39, 0.29) is 26.4 Å². The second-order valence-corrected chi connectivity index (χ2v) is 9.62. The predicted molar refractivity (Wildman–Crippen MR) is 161 cm³/mol. The minimum Gasteiger partial charge on any atom is -0.487 e. The van der Waals surface area contributed by atoms with E-state index in [2.05, 4.69) is 19.7 Å². The van der Waals surface area contributed by atoms with Crippen molar-refractivity contribution in [3.63, 3.8) is 0 Å². The number of hydrogen-bond donors (Lipinski definition) is 1. The lowest BCUT2D eigenvalue weighted by Gasteiger charge is -2.16. The van der Waals surface area contributed by atoms with Gasteiger partial charge >= 0.3 is 11.9 Å². The summed E-state index contributed by atoms with van der Waals surface area (Å²) < 4.78 is 27.4. The molecule has 0 heterocycles. The first-order valence-electron chi connectivity index (χ1n) is 13.3. The average molecular weight is 573 g/mol. The summed E-state index contributed by atoms with van der Waals surface area (Å²) >= 11 is 0. The number of aliphatic hydroxyl groups excluding tert-OH is 1. The highest BCUT2D eigenvalue weighted by Crippen LogP contribution is 2.34. The molecule has 0 fully saturated rings. The molecule has 1 unspecified atom stereocenters. The second-order valence-electron chi connectivity index (χ2n) is 9.62. The molecule has 0 spiro atoms. The van der Waals surface area contributed by atoms with Crippen molar-refractivity contribution in [3.8, 4) is 39.5 Å². The zero-order chi connectivity index (χ0) is 30.6. The van der Waals surface area contributed by atoms with Gasteiger partial charge in [0.2, 0.25) is 0 Å². The number of carbonyl (C=O) groups is 2. The Kier molecular flexibility index (Phi) is 11.7. The summed E-state index contributed by atoms with van der Waals surface area (Å²) in [5, 5.41) is 9.80. The van der Waals surface area contributed by atoms with Gasteiger partial charge < -0.3 is 28.8 Å². The summed E-state index contributed by atoms with van der Waals surface area (Å²) in [6.07, 6.45) is -1.07.